The standard InChI is InChI=1S/C16H15N5O3/c1-9(6-11-8-17-4-5-18-11)19-14(22)10-2-3-12-13(7-10)21-16(24)15(23)20-12/h2-5,7-9H,6H2,1H3,(H,19,22)(H,20,23)(H,21,24)/t9-/m0/s1. The summed E-state index contributed by atoms with van der Waals surface area (Å²) < 4.78 is 0. The van der Waals surface area contributed by atoms with E-state index in [4.69, 9.17) is 0 Å². The molecule has 3 aromatic rings. The van der Waals surface area contributed by atoms with Gasteiger partial charge in [0.1, 0.15) is 0 Å². The molecule has 2 heterocycles. The molecule has 0 unspecified atom stereocenters. The molecule has 0 fully saturated rings. The van der Waals surface area contributed by atoms with Crippen LogP contribution in [-0.2, 0) is 6.42 Å². The zero-order valence-corrected chi connectivity index (χ0v) is 12.9. The molecule has 2 aromatic heterocycles. The molecule has 0 aliphatic carbocycles. The van der Waals surface area contributed by atoms with E-state index in [0.29, 0.717) is 23.0 Å². The highest BCUT2D eigenvalue weighted by Crippen LogP contribution is 2.09. The zero-order valence-electron chi connectivity index (χ0n) is 12.9. The molecular formula is C16H15N5O3. The van der Waals surface area contributed by atoms with Crippen molar-refractivity contribution in [3.63, 3.8) is 0 Å². The largest absolute Gasteiger partial charge is 0.349 e. The number of fused-ring (bicyclic) bond motifs is 1. The van der Waals surface area contributed by atoms with Crippen molar-refractivity contribution in [2.24, 2.45) is 0 Å². The summed E-state index contributed by atoms with van der Waals surface area (Å²) in [6.07, 6.45) is 5.40. The molecule has 8 nitrogen and oxygen atoms in total. The lowest BCUT2D eigenvalue weighted by Gasteiger charge is -2.13. The summed E-state index contributed by atoms with van der Waals surface area (Å²) in [5.41, 5.74) is 0.549. The smallest absolute Gasteiger partial charge is 0.314 e. The zero-order chi connectivity index (χ0) is 17.1. The van der Waals surface area contributed by atoms with Gasteiger partial charge in [0.25, 0.3) is 5.91 Å². The average molecular weight is 325 g/mol. The van der Waals surface area contributed by atoms with Crippen LogP contribution in [0.1, 0.15) is 23.0 Å². The lowest BCUT2D eigenvalue weighted by atomic mass is 10.1. The van der Waals surface area contributed by atoms with E-state index in [1.165, 1.54) is 6.07 Å². The fourth-order valence-corrected chi connectivity index (χ4v) is 2.36. The van der Waals surface area contributed by atoms with E-state index in [0.717, 1.165) is 5.69 Å². The third-order valence-electron chi connectivity index (χ3n) is 3.49. The molecule has 0 saturated carbocycles. The van der Waals surface area contributed by atoms with Crippen molar-refractivity contribution < 1.29 is 4.79 Å². The SMILES string of the molecule is C[C@@H](Cc1cnccn1)NC(=O)c1ccc2[nH]c(=O)c(=O)[nH]c2c1. The van der Waals surface area contributed by atoms with E-state index in [1.54, 1.807) is 30.7 Å². The van der Waals surface area contributed by atoms with Crippen molar-refractivity contribution >= 4 is 16.9 Å². The summed E-state index contributed by atoms with van der Waals surface area (Å²) in [4.78, 5) is 48.1. The molecule has 0 bridgehead atoms. The minimum absolute atomic E-state index is 0.139. The van der Waals surface area contributed by atoms with Crippen molar-refractivity contribution in [3.05, 3.63) is 68.8 Å². The number of hydrogen-bond donors (Lipinski definition) is 3. The molecule has 3 rings (SSSR count). The number of H-pyrrole nitrogens is 2. The molecule has 24 heavy (non-hydrogen) atoms. The van der Waals surface area contributed by atoms with Crippen LogP contribution in [0.2, 0.25) is 0 Å². The molecule has 3 N–H and O–H groups in total. The minimum Gasteiger partial charge on any atom is -0.349 e. The summed E-state index contributed by atoms with van der Waals surface area (Å²) in [5, 5.41) is 2.86. The van der Waals surface area contributed by atoms with E-state index < -0.39 is 11.1 Å². The van der Waals surface area contributed by atoms with Crippen LogP contribution in [-0.4, -0.2) is 31.9 Å². The van der Waals surface area contributed by atoms with Crippen LogP contribution < -0.4 is 16.4 Å². The highest BCUT2D eigenvalue weighted by Gasteiger charge is 2.12. The maximum absolute atomic E-state index is 12.3. The Kier molecular flexibility index (Phi) is 4.19. The molecule has 1 amide bonds. The van der Waals surface area contributed by atoms with Gasteiger partial charge in [0.2, 0.25) is 0 Å². The van der Waals surface area contributed by atoms with Crippen molar-refractivity contribution in [2.75, 3.05) is 0 Å². The van der Waals surface area contributed by atoms with Gasteiger partial charge in [-0.15, -0.1) is 0 Å². The van der Waals surface area contributed by atoms with Gasteiger partial charge < -0.3 is 15.3 Å². The molecule has 0 saturated heterocycles. The van der Waals surface area contributed by atoms with Crippen LogP contribution in [0.4, 0.5) is 0 Å². The summed E-state index contributed by atoms with van der Waals surface area (Å²) >= 11 is 0. The average Bonchev–Trinajstić information content (AvgIpc) is 2.56. The molecule has 1 aromatic carbocycles. The van der Waals surface area contributed by atoms with Gasteiger partial charge >= 0.3 is 11.1 Å². The Hall–Kier alpha value is -3.29. The molecule has 8 heteroatoms. The van der Waals surface area contributed by atoms with Crippen LogP contribution >= 0.6 is 0 Å². The second kappa shape index (κ2) is 6.45. The Bertz CT molecular complexity index is 994. The summed E-state index contributed by atoms with van der Waals surface area (Å²) in [6.45, 7) is 1.87. The molecular weight excluding hydrogens is 310 g/mol. The first-order chi connectivity index (χ1) is 11.5. The van der Waals surface area contributed by atoms with Gasteiger partial charge in [-0.05, 0) is 25.1 Å². The van der Waals surface area contributed by atoms with Crippen LogP contribution in [0.25, 0.3) is 11.0 Å². The number of carbonyl (C=O) groups is 1. The third kappa shape index (κ3) is 3.37. The van der Waals surface area contributed by atoms with Crippen LogP contribution in [0, 0.1) is 0 Å². The Morgan fingerprint density at radius 3 is 2.62 bits per heavy atom. The normalized spacial score (nSPS) is 12.0. The Labute approximate surface area is 136 Å². The number of rotatable bonds is 4. The molecule has 0 aliphatic rings. The van der Waals surface area contributed by atoms with Gasteiger partial charge in [-0.2, -0.15) is 0 Å². The van der Waals surface area contributed by atoms with Crippen molar-refractivity contribution in [2.45, 2.75) is 19.4 Å². The number of carbonyl (C=O) groups excluding carboxylic acids is 1. The quantitative estimate of drug-likeness (QED) is 0.598. The van der Waals surface area contributed by atoms with E-state index in [1.807, 2.05) is 6.92 Å². The van der Waals surface area contributed by atoms with Gasteiger partial charge in [0.05, 0.1) is 16.7 Å². The lowest BCUT2D eigenvalue weighted by molar-refractivity contribution is 0.0940. The van der Waals surface area contributed by atoms with E-state index >= 15 is 0 Å². The third-order valence-corrected chi connectivity index (χ3v) is 3.49. The monoisotopic (exact) mass is 325 g/mol. The first-order valence-corrected chi connectivity index (χ1v) is 7.35. The van der Waals surface area contributed by atoms with Gasteiger partial charge in [-0.1, -0.05) is 0 Å². The number of benzene rings is 1. The minimum atomic E-state index is -0.754. The van der Waals surface area contributed by atoms with E-state index in [2.05, 4.69) is 25.3 Å². The van der Waals surface area contributed by atoms with Gasteiger partial charge in [0, 0.05) is 36.6 Å². The summed E-state index contributed by atoms with van der Waals surface area (Å²) in [5.74, 6) is -0.277. The topological polar surface area (TPSA) is 121 Å². The van der Waals surface area contributed by atoms with Gasteiger partial charge in [-0.3, -0.25) is 24.4 Å². The Morgan fingerprint density at radius 1 is 1.17 bits per heavy atom. The number of aromatic nitrogens is 4. The molecule has 0 aliphatic heterocycles. The fourth-order valence-electron chi connectivity index (χ4n) is 2.36. The molecule has 1 atom stereocenters. The van der Waals surface area contributed by atoms with E-state index in [9.17, 15) is 14.4 Å². The van der Waals surface area contributed by atoms with Gasteiger partial charge in [0.15, 0.2) is 0 Å². The predicted octanol–water partition coefficient (Wildman–Crippen LogP) is 0.367. The number of hydrogen-bond acceptors (Lipinski definition) is 5. The first-order valence-electron chi connectivity index (χ1n) is 7.35. The predicted molar refractivity (Wildman–Crippen MR) is 87.9 cm³/mol. The van der Waals surface area contributed by atoms with Crippen LogP contribution in [0.3, 0.4) is 0 Å². The Morgan fingerprint density at radius 2 is 1.92 bits per heavy atom. The first kappa shape index (κ1) is 15.6. The second-order valence-electron chi connectivity index (χ2n) is 5.44. The molecule has 0 spiro atoms. The van der Waals surface area contributed by atoms with Crippen LogP contribution in [0.5, 0.6) is 0 Å². The van der Waals surface area contributed by atoms with E-state index in [-0.39, 0.29) is 11.9 Å². The number of amides is 1. The van der Waals surface area contributed by atoms with Crippen molar-refractivity contribution in [1.82, 2.24) is 25.3 Å². The maximum Gasteiger partial charge on any atom is 0.314 e. The fraction of sp³-hybridized carbons (Fsp3) is 0.188. The van der Waals surface area contributed by atoms with Crippen molar-refractivity contribution in [1.29, 1.82) is 0 Å². The molecule has 122 valence electrons. The van der Waals surface area contributed by atoms with Crippen molar-refractivity contribution in [3.8, 4) is 0 Å². The second-order valence-corrected chi connectivity index (χ2v) is 5.44. The molecule has 0 radical (unpaired) electrons. The van der Waals surface area contributed by atoms with Gasteiger partial charge in [-0.25, -0.2) is 0 Å². The Balaban J connectivity index is 1.77. The highest BCUT2D eigenvalue weighted by molar-refractivity contribution is 5.97. The summed E-state index contributed by atoms with van der Waals surface area (Å²) in [6, 6.07) is 4.55. The summed E-state index contributed by atoms with van der Waals surface area (Å²) in [7, 11) is 0. The van der Waals surface area contributed by atoms with Crippen LogP contribution in [0.15, 0.2) is 46.4 Å². The lowest BCUT2D eigenvalue weighted by Crippen LogP contribution is -2.34. The maximum atomic E-state index is 12.3. The number of aromatic amines is 2. The highest BCUT2D eigenvalue weighted by atomic mass is 16.2. The number of nitrogens with one attached hydrogen (secondary N) is 3. The number of nitrogens with zero attached hydrogens (tertiary/aromatic N) is 2.